The van der Waals surface area contributed by atoms with Crippen molar-refractivity contribution in [3.05, 3.63) is 41.3 Å². The van der Waals surface area contributed by atoms with E-state index in [1.54, 1.807) is 12.4 Å². The van der Waals surface area contributed by atoms with Gasteiger partial charge in [-0.15, -0.1) is 0 Å². The standard InChI is InChI=1S/C18H22N4O2/c1-12-2-3-15-14(10-12)17(24-21-15)13-4-8-22(9-5-13)18(23)16-11-19-6-7-20-16/h6-7,11-13H,2-5,8-10H2,1H3. The molecule has 126 valence electrons. The van der Waals surface area contributed by atoms with E-state index in [9.17, 15) is 4.79 Å². The Balaban J connectivity index is 1.44. The van der Waals surface area contributed by atoms with E-state index in [0.29, 0.717) is 17.5 Å². The van der Waals surface area contributed by atoms with Crippen molar-refractivity contribution in [2.45, 2.75) is 44.9 Å². The van der Waals surface area contributed by atoms with Crippen LogP contribution in [0.2, 0.25) is 0 Å². The lowest BCUT2D eigenvalue weighted by Gasteiger charge is -2.31. The summed E-state index contributed by atoms with van der Waals surface area (Å²) in [6.07, 6.45) is 9.81. The predicted molar refractivity (Wildman–Crippen MR) is 87.6 cm³/mol. The number of piperidine rings is 1. The van der Waals surface area contributed by atoms with Crippen molar-refractivity contribution in [1.82, 2.24) is 20.0 Å². The van der Waals surface area contributed by atoms with Gasteiger partial charge in [0, 0.05) is 37.0 Å². The number of hydrogen-bond acceptors (Lipinski definition) is 5. The second-order valence-corrected chi connectivity index (χ2v) is 6.98. The fourth-order valence-electron chi connectivity index (χ4n) is 3.84. The van der Waals surface area contributed by atoms with Gasteiger partial charge in [-0.25, -0.2) is 4.98 Å². The van der Waals surface area contributed by atoms with Crippen molar-refractivity contribution < 1.29 is 9.32 Å². The Morgan fingerprint density at radius 2 is 2.08 bits per heavy atom. The predicted octanol–water partition coefficient (Wildman–Crippen LogP) is 2.61. The van der Waals surface area contributed by atoms with Gasteiger partial charge in [0.05, 0.1) is 11.9 Å². The van der Waals surface area contributed by atoms with Crippen LogP contribution in [0.15, 0.2) is 23.1 Å². The Kier molecular flexibility index (Phi) is 4.04. The quantitative estimate of drug-likeness (QED) is 0.848. The maximum absolute atomic E-state index is 12.5. The van der Waals surface area contributed by atoms with Gasteiger partial charge in [-0.05, 0) is 38.0 Å². The fourth-order valence-corrected chi connectivity index (χ4v) is 3.84. The topological polar surface area (TPSA) is 72.1 Å². The molecule has 1 unspecified atom stereocenters. The normalized spacial score (nSPS) is 21.5. The Bertz CT molecular complexity index is 720. The zero-order chi connectivity index (χ0) is 16.5. The molecule has 6 nitrogen and oxygen atoms in total. The first kappa shape index (κ1) is 15.3. The van der Waals surface area contributed by atoms with Gasteiger partial charge < -0.3 is 9.42 Å². The minimum absolute atomic E-state index is 0.0326. The SMILES string of the molecule is CC1CCc2noc(C3CCN(C(=O)c4cnccn4)CC3)c2C1. The van der Waals surface area contributed by atoms with Crippen molar-refractivity contribution in [3.63, 3.8) is 0 Å². The number of aryl methyl sites for hydroxylation is 1. The lowest BCUT2D eigenvalue weighted by Crippen LogP contribution is -2.38. The smallest absolute Gasteiger partial charge is 0.274 e. The van der Waals surface area contributed by atoms with Crippen molar-refractivity contribution >= 4 is 5.91 Å². The van der Waals surface area contributed by atoms with E-state index in [4.69, 9.17) is 4.52 Å². The summed E-state index contributed by atoms with van der Waals surface area (Å²) in [4.78, 5) is 22.4. The van der Waals surface area contributed by atoms with E-state index < -0.39 is 0 Å². The number of hydrogen-bond donors (Lipinski definition) is 0. The van der Waals surface area contributed by atoms with E-state index in [1.165, 1.54) is 18.2 Å². The van der Waals surface area contributed by atoms with E-state index in [0.717, 1.165) is 50.2 Å². The molecule has 1 atom stereocenters. The van der Waals surface area contributed by atoms with Crippen molar-refractivity contribution in [2.75, 3.05) is 13.1 Å². The van der Waals surface area contributed by atoms with Gasteiger partial charge in [-0.1, -0.05) is 12.1 Å². The molecule has 2 aliphatic rings. The molecule has 0 N–H and O–H groups in total. The molecule has 0 spiro atoms. The van der Waals surface area contributed by atoms with Gasteiger partial charge in [0.15, 0.2) is 0 Å². The monoisotopic (exact) mass is 326 g/mol. The zero-order valence-corrected chi connectivity index (χ0v) is 13.9. The Morgan fingerprint density at radius 3 is 2.83 bits per heavy atom. The minimum atomic E-state index is -0.0326. The van der Waals surface area contributed by atoms with Crippen LogP contribution in [-0.2, 0) is 12.8 Å². The average Bonchev–Trinajstić information content (AvgIpc) is 3.05. The first-order valence-electron chi connectivity index (χ1n) is 8.75. The van der Waals surface area contributed by atoms with Gasteiger partial charge in [0.1, 0.15) is 11.5 Å². The number of likely N-dealkylation sites (tertiary alicyclic amines) is 1. The third-order valence-corrected chi connectivity index (χ3v) is 5.26. The maximum atomic E-state index is 12.5. The molecule has 1 saturated heterocycles. The molecule has 1 amide bonds. The summed E-state index contributed by atoms with van der Waals surface area (Å²) in [6.45, 7) is 3.75. The molecular formula is C18H22N4O2. The summed E-state index contributed by atoms with van der Waals surface area (Å²) in [5.41, 5.74) is 2.91. The minimum Gasteiger partial charge on any atom is -0.361 e. The molecule has 3 heterocycles. The maximum Gasteiger partial charge on any atom is 0.274 e. The number of fused-ring (bicyclic) bond motifs is 1. The summed E-state index contributed by atoms with van der Waals surface area (Å²) in [5, 5.41) is 4.29. The van der Waals surface area contributed by atoms with Crippen LogP contribution in [0.1, 0.15) is 59.6 Å². The van der Waals surface area contributed by atoms with Crippen LogP contribution in [0.4, 0.5) is 0 Å². The number of carbonyl (C=O) groups is 1. The van der Waals surface area contributed by atoms with Crippen molar-refractivity contribution in [3.8, 4) is 0 Å². The molecular weight excluding hydrogens is 304 g/mol. The number of rotatable bonds is 2. The third-order valence-electron chi connectivity index (χ3n) is 5.26. The highest BCUT2D eigenvalue weighted by atomic mass is 16.5. The molecule has 2 aromatic heterocycles. The van der Waals surface area contributed by atoms with E-state index in [2.05, 4.69) is 22.0 Å². The van der Waals surface area contributed by atoms with Crippen LogP contribution < -0.4 is 0 Å². The summed E-state index contributed by atoms with van der Waals surface area (Å²) in [6, 6.07) is 0. The fraction of sp³-hybridized carbons (Fsp3) is 0.556. The Hall–Kier alpha value is -2.24. The van der Waals surface area contributed by atoms with Crippen LogP contribution in [-0.4, -0.2) is 39.0 Å². The van der Waals surface area contributed by atoms with Gasteiger partial charge in [0.2, 0.25) is 0 Å². The van der Waals surface area contributed by atoms with Gasteiger partial charge in [-0.2, -0.15) is 0 Å². The summed E-state index contributed by atoms with van der Waals surface area (Å²) >= 11 is 0. The van der Waals surface area contributed by atoms with Gasteiger partial charge in [-0.3, -0.25) is 9.78 Å². The lowest BCUT2D eigenvalue weighted by molar-refractivity contribution is 0.0699. The summed E-state index contributed by atoms with van der Waals surface area (Å²) in [5.74, 6) is 2.12. The first-order valence-corrected chi connectivity index (χ1v) is 8.75. The van der Waals surface area contributed by atoms with E-state index >= 15 is 0 Å². The lowest BCUT2D eigenvalue weighted by atomic mass is 9.83. The van der Waals surface area contributed by atoms with Crippen LogP contribution in [0.25, 0.3) is 0 Å². The van der Waals surface area contributed by atoms with Crippen molar-refractivity contribution in [1.29, 1.82) is 0 Å². The molecule has 1 fully saturated rings. The molecule has 0 bridgehead atoms. The average molecular weight is 326 g/mol. The van der Waals surface area contributed by atoms with Crippen molar-refractivity contribution in [2.24, 2.45) is 5.92 Å². The Morgan fingerprint density at radius 1 is 1.25 bits per heavy atom. The molecule has 1 aliphatic heterocycles. The summed E-state index contributed by atoms with van der Waals surface area (Å²) < 4.78 is 5.71. The highest BCUT2D eigenvalue weighted by molar-refractivity contribution is 5.92. The first-order chi connectivity index (χ1) is 11.7. The summed E-state index contributed by atoms with van der Waals surface area (Å²) in [7, 11) is 0. The third kappa shape index (κ3) is 2.81. The second-order valence-electron chi connectivity index (χ2n) is 6.98. The highest BCUT2D eigenvalue weighted by Crippen LogP contribution is 2.36. The molecule has 0 saturated carbocycles. The van der Waals surface area contributed by atoms with Crippen LogP contribution in [0.5, 0.6) is 0 Å². The molecule has 0 aromatic carbocycles. The largest absolute Gasteiger partial charge is 0.361 e. The molecule has 24 heavy (non-hydrogen) atoms. The number of carbonyl (C=O) groups excluding carboxylic acids is 1. The molecule has 0 radical (unpaired) electrons. The van der Waals surface area contributed by atoms with Gasteiger partial charge in [0.25, 0.3) is 5.91 Å². The molecule has 1 aliphatic carbocycles. The van der Waals surface area contributed by atoms with E-state index in [-0.39, 0.29) is 5.91 Å². The van der Waals surface area contributed by atoms with E-state index in [1.807, 2.05) is 4.90 Å². The Labute approximate surface area is 141 Å². The van der Waals surface area contributed by atoms with Crippen LogP contribution >= 0.6 is 0 Å². The van der Waals surface area contributed by atoms with Crippen LogP contribution in [0, 0.1) is 5.92 Å². The highest BCUT2D eigenvalue weighted by Gasteiger charge is 2.32. The number of aromatic nitrogens is 3. The number of nitrogens with zero attached hydrogens (tertiary/aromatic N) is 4. The zero-order valence-electron chi connectivity index (χ0n) is 13.9. The second kappa shape index (κ2) is 6.34. The molecule has 6 heteroatoms. The van der Waals surface area contributed by atoms with Gasteiger partial charge >= 0.3 is 0 Å². The molecule has 4 rings (SSSR count). The number of amides is 1. The molecule has 2 aromatic rings. The van der Waals surface area contributed by atoms with Crippen LogP contribution in [0.3, 0.4) is 0 Å².